The van der Waals surface area contributed by atoms with Crippen LogP contribution in [0.4, 0.5) is 0 Å². The van der Waals surface area contributed by atoms with Crippen LogP contribution in [-0.2, 0) is 0 Å². The Bertz CT molecular complexity index is 444. The maximum atomic E-state index is 4.74. The quantitative estimate of drug-likeness (QED) is 0.824. The minimum atomic E-state index is 0.180. The molecule has 0 aromatic heterocycles. The van der Waals surface area contributed by atoms with E-state index in [1.54, 1.807) is 11.8 Å². The standard InChI is InChI=1S/C15H20N2S/c1-18-13-7-5-12(6-8-13)14-15(17-11-16-14)9-3-2-4-10-15/h5-8,17H,2-4,9-11H2,1H3. The average molecular weight is 260 g/mol. The molecule has 0 radical (unpaired) electrons. The second-order valence-electron chi connectivity index (χ2n) is 5.21. The van der Waals surface area contributed by atoms with Gasteiger partial charge in [0.05, 0.1) is 17.9 Å². The summed E-state index contributed by atoms with van der Waals surface area (Å²) in [5.74, 6) is 0. The monoisotopic (exact) mass is 260 g/mol. The van der Waals surface area contributed by atoms with Crippen molar-refractivity contribution in [2.45, 2.75) is 42.5 Å². The van der Waals surface area contributed by atoms with Gasteiger partial charge in [0.25, 0.3) is 0 Å². The van der Waals surface area contributed by atoms with Crippen LogP contribution in [0.25, 0.3) is 0 Å². The zero-order valence-corrected chi connectivity index (χ0v) is 11.7. The number of benzene rings is 1. The Morgan fingerprint density at radius 1 is 1.11 bits per heavy atom. The smallest absolute Gasteiger partial charge is 0.0896 e. The van der Waals surface area contributed by atoms with Crippen LogP contribution in [0.15, 0.2) is 34.2 Å². The summed E-state index contributed by atoms with van der Waals surface area (Å²) in [5, 5.41) is 3.64. The minimum absolute atomic E-state index is 0.180. The molecule has 1 aliphatic carbocycles. The minimum Gasteiger partial charge on any atom is -0.287 e. The molecule has 1 fully saturated rings. The lowest BCUT2D eigenvalue weighted by Gasteiger charge is -2.35. The molecule has 0 amide bonds. The van der Waals surface area contributed by atoms with Gasteiger partial charge in [0.2, 0.25) is 0 Å². The molecule has 0 bridgehead atoms. The number of nitrogens with one attached hydrogen (secondary N) is 1. The Labute approximate surface area is 113 Å². The van der Waals surface area contributed by atoms with E-state index in [2.05, 4.69) is 35.8 Å². The molecule has 3 rings (SSSR count). The molecular weight excluding hydrogens is 240 g/mol. The van der Waals surface area contributed by atoms with Crippen molar-refractivity contribution in [3.8, 4) is 0 Å². The summed E-state index contributed by atoms with van der Waals surface area (Å²) in [7, 11) is 0. The van der Waals surface area contributed by atoms with E-state index in [4.69, 9.17) is 4.99 Å². The number of aliphatic imine (C=N–C) groups is 1. The van der Waals surface area contributed by atoms with E-state index in [1.165, 1.54) is 48.3 Å². The van der Waals surface area contributed by atoms with Crippen LogP contribution < -0.4 is 5.32 Å². The predicted molar refractivity (Wildman–Crippen MR) is 78.6 cm³/mol. The summed E-state index contributed by atoms with van der Waals surface area (Å²) in [6.07, 6.45) is 8.64. The molecule has 1 aromatic rings. The molecule has 3 heteroatoms. The highest BCUT2D eigenvalue weighted by Crippen LogP contribution is 2.34. The van der Waals surface area contributed by atoms with E-state index in [0.29, 0.717) is 0 Å². The zero-order valence-electron chi connectivity index (χ0n) is 10.9. The van der Waals surface area contributed by atoms with Crippen LogP contribution in [-0.4, -0.2) is 24.2 Å². The van der Waals surface area contributed by atoms with Gasteiger partial charge in [0, 0.05) is 4.90 Å². The highest BCUT2D eigenvalue weighted by atomic mass is 32.2. The fourth-order valence-corrected chi connectivity index (χ4v) is 3.60. The fraction of sp³-hybridized carbons (Fsp3) is 0.533. The van der Waals surface area contributed by atoms with Crippen LogP contribution in [0.1, 0.15) is 37.7 Å². The largest absolute Gasteiger partial charge is 0.287 e. The van der Waals surface area contributed by atoms with Crippen molar-refractivity contribution >= 4 is 17.5 Å². The van der Waals surface area contributed by atoms with E-state index in [0.717, 1.165) is 6.67 Å². The maximum absolute atomic E-state index is 4.74. The van der Waals surface area contributed by atoms with Crippen molar-refractivity contribution < 1.29 is 0 Å². The number of thioether (sulfide) groups is 1. The summed E-state index contributed by atoms with van der Waals surface area (Å²) >= 11 is 1.79. The molecule has 2 nitrogen and oxygen atoms in total. The Hall–Kier alpha value is -0.800. The van der Waals surface area contributed by atoms with Gasteiger partial charge in [-0.05, 0) is 36.8 Å². The van der Waals surface area contributed by atoms with E-state index in [-0.39, 0.29) is 5.54 Å². The second-order valence-corrected chi connectivity index (χ2v) is 6.09. The molecule has 1 saturated carbocycles. The SMILES string of the molecule is CSc1ccc(C2=NCNC23CCCCC3)cc1. The van der Waals surface area contributed by atoms with Gasteiger partial charge in [-0.25, -0.2) is 0 Å². The molecule has 0 unspecified atom stereocenters. The lowest BCUT2D eigenvalue weighted by atomic mass is 9.77. The first-order valence-electron chi connectivity index (χ1n) is 6.78. The Kier molecular flexibility index (Phi) is 3.44. The third kappa shape index (κ3) is 2.10. The molecule has 96 valence electrons. The van der Waals surface area contributed by atoms with Gasteiger partial charge in [-0.15, -0.1) is 11.8 Å². The van der Waals surface area contributed by atoms with Crippen molar-refractivity contribution in [2.75, 3.05) is 12.9 Å². The highest BCUT2D eigenvalue weighted by Gasteiger charge is 2.39. The molecule has 18 heavy (non-hydrogen) atoms. The molecule has 1 aromatic carbocycles. The molecular formula is C15H20N2S. The lowest BCUT2D eigenvalue weighted by molar-refractivity contribution is 0.332. The second kappa shape index (κ2) is 5.06. The summed E-state index contributed by atoms with van der Waals surface area (Å²) in [4.78, 5) is 6.06. The molecule has 0 atom stereocenters. The predicted octanol–water partition coefficient (Wildman–Crippen LogP) is 3.46. The summed E-state index contributed by atoms with van der Waals surface area (Å²) in [5.41, 5.74) is 2.79. The van der Waals surface area contributed by atoms with Crippen molar-refractivity contribution in [3.05, 3.63) is 29.8 Å². The van der Waals surface area contributed by atoms with Crippen LogP contribution >= 0.6 is 11.8 Å². The average Bonchev–Trinajstić information content (AvgIpc) is 2.83. The molecule has 1 spiro atoms. The zero-order chi connectivity index (χ0) is 12.4. The fourth-order valence-electron chi connectivity index (χ4n) is 3.19. The van der Waals surface area contributed by atoms with Gasteiger partial charge >= 0.3 is 0 Å². The van der Waals surface area contributed by atoms with Gasteiger partial charge in [-0.1, -0.05) is 31.4 Å². The topological polar surface area (TPSA) is 24.4 Å². The highest BCUT2D eigenvalue weighted by molar-refractivity contribution is 7.98. The van der Waals surface area contributed by atoms with E-state index >= 15 is 0 Å². The van der Waals surface area contributed by atoms with Gasteiger partial charge in [0.1, 0.15) is 0 Å². The van der Waals surface area contributed by atoms with Crippen molar-refractivity contribution in [3.63, 3.8) is 0 Å². The van der Waals surface area contributed by atoms with Gasteiger partial charge < -0.3 is 0 Å². The lowest BCUT2D eigenvalue weighted by Crippen LogP contribution is -2.49. The van der Waals surface area contributed by atoms with Gasteiger partial charge in [0.15, 0.2) is 0 Å². The molecule has 2 aliphatic rings. The summed E-state index contributed by atoms with van der Waals surface area (Å²) in [6.45, 7) is 0.791. The van der Waals surface area contributed by atoms with Crippen molar-refractivity contribution in [1.29, 1.82) is 0 Å². The van der Waals surface area contributed by atoms with E-state index in [9.17, 15) is 0 Å². The Morgan fingerprint density at radius 3 is 2.50 bits per heavy atom. The molecule has 1 N–H and O–H groups in total. The van der Waals surface area contributed by atoms with Gasteiger partial charge in [-0.2, -0.15) is 0 Å². The van der Waals surface area contributed by atoms with Crippen LogP contribution in [0.3, 0.4) is 0 Å². The molecule has 1 heterocycles. The Balaban J connectivity index is 1.89. The number of hydrogen-bond donors (Lipinski definition) is 1. The number of rotatable bonds is 2. The van der Waals surface area contributed by atoms with E-state index in [1.807, 2.05) is 0 Å². The molecule has 0 saturated heterocycles. The van der Waals surface area contributed by atoms with Crippen LogP contribution in [0.5, 0.6) is 0 Å². The first kappa shape index (κ1) is 12.2. The van der Waals surface area contributed by atoms with Crippen LogP contribution in [0, 0.1) is 0 Å². The van der Waals surface area contributed by atoms with E-state index < -0.39 is 0 Å². The number of nitrogens with zero attached hydrogens (tertiary/aromatic N) is 1. The van der Waals surface area contributed by atoms with Crippen molar-refractivity contribution in [1.82, 2.24) is 5.32 Å². The normalized spacial score (nSPS) is 22.2. The van der Waals surface area contributed by atoms with Crippen molar-refractivity contribution in [2.24, 2.45) is 4.99 Å². The first-order chi connectivity index (χ1) is 8.84. The summed E-state index contributed by atoms with van der Waals surface area (Å²) in [6, 6.07) is 8.87. The molecule has 1 aliphatic heterocycles. The maximum Gasteiger partial charge on any atom is 0.0896 e. The third-order valence-electron chi connectivity index (χ3n) is 4.18. The third-order valence-corrected chi connectivity index (χ3v) is 4.92. The first-order valence-corrected chi connectivity index (χ1v) is 8.01. The van der Waals surface area contributed by atoms with Gasteiger partial charge in [-0.3, -0.25) is 10.3 Å². The number of hydrogen-bond acceptors (Lipinski definition) is 3. The van der Waals surface area contributed by atoms with Crippen LogP contribution in [0.2, 0.25) is 0 Å². The Morgan fingerprint density at radius 2 is 1.83 bits per heavy atom. The summed E-state index contributed by atoms with van der Waals surface area (Å²) < 4.78 is 0.